The van der Waals surface area contributed by atoms with Crippen molar-refractivity contribution in [1.82, 2.24) is 14.9 Å². The van der Waals surface area contributed by atoms with Crippen molar-refractivity contribution in [2.75, 3.05) is 6.61 Å². The van der Waals surface area contributed by atoms with Crippen molar-refractivity contribution in [3.63, 3.8) is 0 Å². The van der Waals surface area contributed by atoms with Gasteiger partial charge in [0.2, 0.25) is 11.7 Å². The molecule has 5 nitrogen and oxygen atoms in total. The number of aromatic nitrogens is 2. The normalized spacial score (nSPS) is 19.6. The maximum Gasteiger partial charge on any atom is 0.449 e. The molecule has 1 amide bonds. The number of hydrogen-bond donors (Lipinski definition) is 1. The molecule has 24 heavy (non-hydrogen) atoms. The first kappa shape index (κ1) is 16.8. The summed E-state index contributed by atoms with van der Waals surface area (Å²) in [7, 11) is 0. The zero-order valence-corrected chi connectivity index (χ0v) is 13.1. The molecule has 1 fully saturated rings. The summed E-state index contributed by atoms with van der Waals surface area (Å²) in [6.07, 6.45) is -2.95. The molecule has 1 aromatic heterocycles. The standard InChI is InChI=1S/C16H18F3N3O2/c1-10(13-7-4-8-24-13)20-14(23)9-22-12-6-3-2-5-11(12)21-15(22)16(17,18)19/h2-3,5-6,10,13H,4,7-9H2,1H3,(H,20,23). The summed E-state index contributed by atoms with van der Waals surface area (Å²) in [5, 5.41) is 2.72. The monoisotopic (exact) mass is 341 g/mol. The van der Waals surface area contributed by atoms with E-state index in [0.717, 1.165) is 17.4 Å². The SMILES string of the molecule is CC(NC(=O)Cn1c(C(F)(F)F)nc2ccccc21)C1CCCO1. The summed E-state index contributed by atoms with van der Waals surface area (Å²) in [5.41, 5.74) is 0.495. The first-order valence-corrected chi connectivity index (χ1v) is 7.79. The van der Waals surface area contributed by atoms with Crippen LogP contribution < -0.4 is 5.32 Å². The Bertz CT molecular complexity index is 736. The van der Waals surface area contributed by atoms with Crippen LogP contribution in [0.4, 0.5) is 13.2 Å². The lowest BCUT2D eigenvalue weighted by atomic mass is 10.1. The van der Waals surface area contributed by atoms with Gasteiger partial charge in [-0.05, 0) is 31.9 Å². The summed E-state index contributed by atoms with van der Waals surface area (Å²) < 4.78 is 46.0. The van der Waals surface area contributed by atoms with E-state index in [1.165, 1.54) is 12.1 Å². The summed E-state index contributed by atoms with van der Waals surface area (Å²) in [4.78, 5) is 15.8. The minimum absolute atomic E-state index is 0.0874. The van der Waals surface area contributed by atoms with E-state index in [1.54, 1.807) is 19.1 Å². The molecule has 2 heterocycles. The number of carbonyl (C=O) groups excluding carboxylic acids is 1. The van der Waals surface area contributed by atoms with Gasteiger partial charge in [-0.25, -0.2) is 4.98 Å². The first-order chi connectivity index (χ1) is 11.4. The fourth-order valence-corrected chi connectivity index (χ4v) is 2.98. The number of rotatable bonds is 4. The van der Waals surface area contributed by atoms with Gasteiger partial charge in [0.25, 0.3) is 0 Å². The van der Waals surface area contributed by atoms with Crippen LogP contribution in [0.3, 0.4) is 0 Å². The zero-order chi connectivity index (χ0) is 17.3. The van der Waals surface area contributed by atoms with Gasteiger partial charge >= 0.3 is 6.18 Å². The minimum atomic E-state index is -4.63. The van der Waals surface area contributed by atoms with Gasteiger partial charge in [-0.2, -0.15) is 13.2 Å². The lowest BCUT2D eigenvalue weighted by Gasteiger charge is -2.20. The van der Waals surface area contributed by atoms with Gasteiger partial charge in [0.15, 0.2) is 0 Å². The Morgan fingerprint density at radius 3 is 2.88 bits per heavy atom. The van der Waals surface area contributed by atoms with Crippen LogP contribution in [0.2, 0.25) is 0 Å². The van der Waals surface area contributed by atoms with Crippen molar-refractivity contribution >= 4 is 16.9 Å². The van der Waals surface area contributed by atoms with Crippen LogP contribution in [0.1, 0.15) is 25.6 Å². The number of nitrogens with zero attached hydrogens (tertiary/aromatic N) is 2. The third kappa shape index (κ3) is 3.38. The van der Waals surface area contributed by atoms with Crippen molar-refractivity contribution in [3.8, 4) is 0 Å². The second-order valence-electron chi connectivity index (χ2n) is 5.92. The smallest absolute Gasteiger partial charge is 0.376 e. The molecule has 1 aliphatic heterocycles. The highest BCUT2D eigenvalue weighted by atomic mass is 19.4. The van der Waals surface area contributed by atoms with Crippen molar-refractivity contribution < 1.29 is 22.7 Å². The van der Waals surface area contributed by atoms with E-state index in [-0.39, 0.29) is 23.2 Å². The molecule has 3 rings (SSSR count). The molecule has 0 aliphatic carbocycles. The van der Waals surface area contributed by atoms with Crippen molar-refractivity contribution in [2.24, 2.45) is 0 Å². The first-order valence-electron chi connectivity index (χ1n) is 7.79. The Labute approximate surface area is 136 Å². The molecule has 8 heteroatoms. The molecular formula is C16H18F3N3O2. The van der Waals surface area contributed by atoms with Gasteiger partial charge in [0.05, 0.1) is 23.2 Å². The molecule has 2 atom stereocenters. The predicted molar refractivity (Wildman–Crippen MR) is 81.3 cm³/mol. The molecule has 130 valence electrons. The maximum absolute atomic E-state index is 13.2. The maximum atomic E-state index is 13.2. The van der Waals surface area contributed by atoms with E-state index in [4.69, 9.17) is 4.74 Å². The van der Waals surface area contributed by atoms with Crippen LogP contribution >= 0.6 is 0 Å². The molecule has 1 aromatic carbocycles. The van der Waals surface area contributed by atoms with E-state index in [0.29, 0.717) is 6.61 Å². The number of ether oxygens (including phenoxy) is 1. The van der Waals surface area contributed by atoms with Crippen LogP contribution in [0, 0.1) is 0 Å². The Kier molecular flexibility index (Phi) is 4.49. The minimum Gasteiger partial charge on any atom is -0.376 e. The van der Waals surface area contributed by atoms with Gasteiger partial charge in [-0.1, -0.05) is 12.1 Å². The number of nitrogens with one attached hydrogen (secondary N) is 1. The number of halogens is 3. The van der Waals surface area contributed by atoms with E-state index < -0.39 is 24.5 Å². The fraction of sp³-hybridized carbons (Fsp3) is 0.500. The molecular weight excluding hydrogens is 323 g/mol. The topological polar surface area (TPSA) is 56.2 Å². The number of hydrogen-bond acceptors (Lipinski definition) is 3. The van der Waals surface area contributed by atoms with Gasteiger partial charge in [0, 0.05) is 6.61 Å². The lowest BCUT2D eigenvalue weighted by molar-refractivity contribution is -0.147. The highest BCUT2D eigenvalue weighted by Gasteiger charge is 2.38. The van der Waals surface area contributed by atoms with Crippen molar-refractivity contribution in [2.45, 2.75) is 44.6 Å². The van der Waals surface area contributed by atoms with Crippen LogP contribution in [-0.2, 0) is 22.3 Å². The average Bonchev–Trinajstić information content (AvgIpc) is 3.15. The number of alkyl halides is 3. The van der Waals surface area contributed by atoms with Gasteiger partial charge in [-0.15, -0.1) is 0 Å². The fourth-order valence-electron chi connectivity index (χ4n) is 2.98. The summed E-state index contributed by atoms with van der Waals surface area (Å²) in [5.74, 6) is -1.56. The molecule has 1 saturated heterocycles. The number of amides is 1. The Morgan fingerprint density at radius 2 is 2.21 bits per heavy atom. The second-order valence-corrected chi connectivity index (χ2v) is 5.92. The van der Waals surface area contributed by atoms with Crippen molar-refractivity contribution in [3.05, 3.63) is 30.1 Å². The van der Waals surface area contributed by atoms with Crippen LogP contribution in [0.5, 0.6) is 0 Å². The van der Waals surface area contributed by atoms with Crippen LogP contribution in [-0.4, -0.2) is 34.2 Å². The van der Waals surface area contributed by atoms with E-state index in [1.807, 2.05) is 0 Å². The molecule has 0 radical (unpaired) electrons. The van der Waals surface area contributed by atoms with Gasteiger partial charge in [0.1, 0.15) is 6.54 Å². The third-order valence-electron chi connectivity index (χ3n) is 4.12. The highest BCUT2D eigenvalue weighted by molar-refractivity contribution is 5.81. The summed E-state index contributed by atoms with van der Waals surface area (Å²) in [6, 6.07) is 6.00. The van der Waals surface area contributed by atoms with Gasteiger partial charge < -0.3 is 14.6 Å². The molecule has 2 aromatic rings. The average molecular weight is 341 g/mol. The molecule has 0 bridgehead atoms. The molecule has 1 N–H and O–H groups in total. The van der Waals surface area contributed by atoms with Crippen molar-refractivity contribution in [1.29, 1.82) is 0 Å². The largest absolute Gasteiger partial charge is 0.449 e. The number of carbonyl (C=O) groups is 1. The lowest BCUT2D eigenvalue weighted by Crippen LogP contribution is -2.42. The number of para-hydroxylation sites is 2. The van der Waals surface area contributed by atoms with Crippen LogP contribution in [0.25, 0.3) is 11.0 Å². The van der Waals surface area contributed by atoms with Gasteiger partial charge in [-0.3, -0.25) is 4.79 Å². The molecule has 0 spiro atoms. The second kappa shape index (κ2) is 6.43. The van der Waals surface area contributed by atoms with Crippen LogP contribution in [0.15, 0.2) is 24.3 Å². The Hall–Kier alpha value is -2.09. The Balaban J connectivity index is 1.82. The quantitative estimate of drug-likeness (QED) is 0.930. The number of imidazole rings is 1. The molecule has 2 unspecified atom stereocenters. The van der Waals surface area contributed by atoms with E-state index >= 15 is 0 Å². The summed E-state index contributed by atoms with van der Waals surface area (Å²) >= 11 is 0. The molecule has 0 saturated carbocycles. The molecule has 1 aliphatic rings. The predicted octanol–water partition coefficient (Wildman–Crippen LogP) is 2.74. The summed E-state index contributed by atoms with van der Waals surface area (Å²) in [6.45, 7) is 2.01. The Morgan fingerprint density at radius 1 is 1.46 bits per heavy atom. The van der Waals surface area contributed by atoms with E-state index in [9.17, 15) is 18.0 Å². The number of fused-ring (bicyclic) bond motifs is 1. The third-order valence-corrected chi connectivity index (χ3v) is 4.12. The number of benzene rings is 1. The highest BCUT2D eigenvalue weighted by Crippen LogP contribution is 2.31. The zero-order valence-electron chi connectivity index (χ0n) is 13.1. The van der Waals surface area contributed by atoms with E-state index in [2.05, 4.69) is 10.3 Å².